The highest BCUT2D eigenvalue weighted by Crippen LogP contribution is 2.29. The number of benzene rings is 3. The van der Waals surface area contributed by atoms with Crippen LogP contribution in [0.4, 0.5) is 0 Å². The molecule has 0 aliphatic heterocycles. The van der Waals surface area contributed by atoms with Crippen LogP contribution in [0.3, 0.4) is 0 Å². The van der Waals surface area contributed by atoms with Crippen molar-refractivity contribution in [3.8, 4) is 22.6 Å². The van der Waals surface area contributed by atoms with Crippen LogP contribution in [0.25, 0.3) is 11.1 Å². The summed E-state index contributed by atoms with van der Waals surface area (Å²) in [5.41, 5.74) is 7.03. The fraction of sp³-hybridized carbons (Fsp3) is 0.200. The summed E-state index contributed by atoms with van der Waals surface area (Å²) in [6.07, 6.45) is 1.90. The first kappa shape index (κ1) is 21.9. The standard InChI is InChI=1S/C25H26N2O4/c1-2-3-17-30-23-16-10-8-14-21(23)25(29)27-26-24(28)18-31-22-15-9-7-13-20(22)19-11-5-4-6-12-19/h4-16H,2-3,17-18H2,1H3,(H,26,28)(H,27,29). The van der Waals surface area contributed by atoms with E-state index < -0.39 is 11.8 Å². The van der Waals surface area contributed by atoms with Gasteiger partial charge in [-0.15, -0.1) is 0 Å². The van der Waals surface area contributed by atoms with Crippen molar-refractivity contribution in [1.82, 2.24) is 10.9 Å². The van der Waals surface area contributed by atoms with E-state index >= 15 is 0 Å². The van der Waals surface area contributed by atoms with Crippen LogP contribution in [0, 0.1) is 0 Å². The summed E-state index contributed by atoms with van der Waals surface area (Å²) in [7, 11) is 0. The molecule has 0 aliphatic carbocycles. The molecule has 0 spiro atoms. The van der Waals surface area contributed by atoms with Crippen LogP contribution in [0.15, 0.2) is 78.9 Å². The van der Waals surface area contributed by atoms with E-state index in [0.717, 1.165) is 24.0 Å². The van der Waals surface area contributed by atoms with Crippen molar-refractivity contribution in [3.05, 3.63) is 84.4 Å². The molecule has 3 rings (SSSR count). The Kier molecular flexibility index (Phi) is 8.05. The molecule has 0 heterocycles. The van der Waals surface area contributed by atoms with Gasteiger partial charge in [0, 0.05) is 5.56 Å². The Morgan fingerprint density at radius 2 is 1.45 bits per heavy atom. The summed E-state index contributed by atoms with van der Waals surface area (Å²) < 4.78 is 11.4. The molecule has 2 N–H and O–H groups in total. The molecule has 0 saturated carbocycles. The number of para-hydroxylation sites is 2. The Bertz CT molecular complexity index is 1010. The third kappa shape index (κ3) is 6.34. The maximum Gasteiger partial charge on any atom is 0.276 e. The molecule has 0 fully saturated rings. The third-order valence-electron chi connectivity index (χ3n) is 4.53. The van der Waals surface area contributed by atoms with Crippen molar-refractivity contribution < 1.29 is 19.1 Å². The zero-order chi connectivity index (χ0) is 21.9. The second kappa shape index (κ2) is 11.4. The van der Waals surface area contributed by atoms with Gasteiger partial charge in [0.05, 0.1) is 12.2 Å². The Hall–Kier alpha value is -3.80. The second-order valence-electron chi connectivity index (χ2n) is 6.85. The smallest absolute Gasteiger partial charge is 0.276 e. The van der Waals surface area contributed by atoms with Crippen LogP contribution in [-0.4, -0.2) is 25.0 Å². The van der Waals surface area contributed by atoms with Crippen LogP contribution in [0.5, 0.6) is 11.5 Å². The van der Waals surface area contributed by atoms with Crippen molar-refractivity contribution in [3.63, 3.8) is 0 Å². The molecule has 3 aromatic carbocycles. The zero-order valence-electron chi connectivity index (χ0n) is 17.5. The summed E-state index contributed by atoms with van der Waals surface area (Å²) in [6, 6.07) is 24.2. The lowest BCUT2D eigenvalue weighted by molar-refractivity contribution is -0.123. The molecule has 0 saturated heterocycles. The predicted molar refractivity (Wildman–Crippen MR) is 120 cm³/mol. The maximum atomic E-state index is 12.5. The van der Waals surface area contributed by atoms with E-state index in [1.807, 2.05) is 48.5 Å². The molecule has 31 heavy (non-hydrogen) atoms. The van der Waals surface area contributed by atoms with E-state index in [-0.39, 0.29) is 6.61 Å². The molecule has 0 unspecified atom stereocenters. The molecule has 6 nitrogen and oxygen atoms in total. The Morgan fingerprint density at radius 1 is 0.774 bits per heavy atom. The summed E-state index contributed by atoms with van der Waals surface area (Å²) in [5.74, 6) is 0.145. The molecule has 0 atom stereocenters. The number of hydrogen-bond donors (Lipinski definition) is 2. The third-order valence-corrected chi connectivity index (χ3v) is 4.53. The van der Waals surface area contributed by atoms with Gasteiger partial charge in [-0.1, -0.05) is 74.0 Å². The zero-order valence-corrected chi connectivity index (χ0v) is 17.5. The van der Waals surface area contributed by atoms with Crippen LogP contribution in [0.2, 0.25) is 0 Å². The van der Waals surface area contributed by atoms with Gasteiger partial charge in [0.25, 0.3) is 11.8 Å². The minimum absolute atomic E-state index is 0.237. The molecule has 160 valence electrons. The van der Waals surface area contributed by atoms with Gasteiger partial charge >= 0.3 is 0 Å². The minimum Gasteiger partial charge on any atom is -0.493 e. The predicted octanol–water partition coefficient (Wildman–Crippen LogP) is 4.37. The number of unbranched alkanes of at least 4 members (excludes halogenated alkanes) is 1. The van der Waals surface area contributed by atoms with E-state index in [1.165, 1.54) is 0 Å². The first-order chi connectivity index (χ1) is 15.2. The molecule has 0 aromatic heterocycles. The molecule has 0 radical (unpaired) electrons. The van der Waals surface area contributed by atoms with Crippen LogP contribution < -0.4 is 20.3 Å². The number of ether oxygens (including phenoxy) is 2. The van der Waals surface area contributed by atoms with Crippen molar-refractivity contribution >= 4 is 11.8 Å². The van der Waals surface area contributed by atoms with E-state index in [4.69, 9.17) is 9.47 Å². The van der Waals surface area contributed by atoms with Crippen molar-refractivity contribution in [2.45, 2.75) is 19.8 Å². The fourth-order valence-electron chi connectivity index (χ4n) is 2.93. The highest BCUT2D eigenvalue weighted by atomic mass is 16.5. The Labute approximate surface area is 182 Å². The highest BCUT2D eigenvalue weighted by molar-refractivity contribution is 5.97. The van der Waals surface area contributed by atoms with Crippen molar-refractivity contribution in [2.75, 3.05) is 13.2 Å². The van der Waals surface area contributed by atoms with Crippen LogP contribution in [-0.2, 0) is 4.79 Å². The number of amides is 2. The number of nitrogens with one attached hydrogen (secondary N) is 2. The summed E-state index contributed by atoms with van der Waals surface area (Å²) in [6.45, 7) is 2.36. The molecular weight excluding hydrogens is 392 g/mol. The molecule has 6 heteroatoms. The molecule has 3 aromatic rings. The van der Waals surface area contributed by atoms with Gasteiger partial charge in [-0.3, -0.25) is 20.4 Å². The average Bonchev–Trinajstić information content (AvgIpc) is 2.82. The van der Waals surface area contributed by atoms with Crippen LogP contribution >= 0.6 is 0 Å². The number of carbonyl (C=O) groups is 2. The monoisotopic (exact) mass is 418 g/mol. The van der Waals surface area contributed by atoms with E-state index in [0.29, 0.717) is 23.7 Å². The lowest BCUT2D eigenvalue weighted by Gasteiger charge is -2.13. The Morgan fingerprint density at radius 3 is 2.23 bits per heavy atom. The summed E-state index contributed by atoms with van der Waals surface area (Å²) in [4.78, 5) is 24.7. The summed E-state index contributed by atoms with van der Waals surface area (Å²) in [5, 5.41) is 0. The van der Waals surface area contributed by atoms with E-state index in [2.05, 4.69) is 17.8 Å². The van der Waals surface area contributed by atoms with Gasteiger partial charge in [-0.25, -0.2) is 0 Å². The van der Waals surface area contributed by atoms with Crippen LogP contribution in [0.1, 0.15) is 30.1 Å². The van der Waals surface area contributed by atoms with Gasteiger partial charge in [-0.05, 0) is 30.2 Å². The van der Waals surface area contributed by atoms with Gasteiger partial charge in [0.15, 0.2) is 6.61 Å². The average molecular weight is 418 g/mol. The quantitative estimate of drug-likeness (QED) is 0.400. The highest BCUT2D eigenvalue weighted by Gasteiger charge is 2.14. The SMILES string of the molecule is CCCCOc1ccccc1C(=O)NNC(=O)COc1ccccc1-c1ccccc1. The van der Waals surface area contributed by atoms with Gasteiger partial charge in [-0.2, -0.15) is 0 Å². The minimum atomic E-state index is -0.472. The lowest BCUT2D eigenvalue weighted by Crippen LogP contribution is -2.44. The number of rotatable bonds is 9. The first-order valence-corrected chi connectivity index (χ1v) is 10.3. The lowest BCUT2D eigenvalue weighted by atomic mass is 10.1. The van der Waals surface area contributed by atoms with Crippen molar-refractivity contribution in [2.24, 2.45) is 0 Å². The van der Waals surface area contributed by atoms with Gasteiger partial charge in [0.1, 0.15) is 11.5 Å². The maximum absolute atomic E-state index is 12.5. The van der Waals surface area contributed by atoms with E-state index in [9.17, 15) is 9.59 Å². The van der Waals surface area contributed by atoms with Gasteiger partial charge in [0.2, 0.25) is 0 Å². The van der Waals surface area contributed by atoms with E-state index in [1.54, 1.807) is 30.3 Å². The summed E-state index contributed by atoms with van der Waals surface area (Å²) >= 11 is 0. The molecular formula is C25H26N2O4. The van der Waals surface area contributed by atoms with Crippen molar-refractivity contribution in [1.29, 1.82) is 0 Å². The fourth-order valence-corrected chi connectivity index (χ4v) is 2.93. The first-order valence-electron chi connectivity index (χ1n) is 10.3. The topological polar surface area (TPSA) is 76.7 Å². The largest absolute Gasteiger partial charge is 0.493 e. The number of carbonyl (C=O) groups excluding carboxylic acids is 2. The Balaban J connectivity index is 1.55. The number of hydrogen-bond acceptors (Lipinski definition) is 4. The van der Waals surface area contributed by atoms with Gasteiger partial charge < -0.3 is 9.47 Å². The molecule has 2 amide bonds. The normalized spacial score (nSPS) is 10.2. The second-order valence-corrected chi connectivity index (χ2v) is 6.85. The number of hydrazine groups is 1. The molecule has 0 aliphatic rings. The molecule has 0 bridgehead atoms.